The van der Waals surface area contributed by atoms with Crippen molar-refractivity contribution < 1.29 is 0 Å². The Labute approximate surface area is 352 Å². The van der Waals surface area contributed by atoms with Crippen molar-refractivity contribution >= 4 is 81.4 Å². The van der Waals surface area contributed by atoms with Crippen molar-refractivity contribution in [2.24, 2.45) is 0 Å². The lowest BCUT2D eigenvalue weighted by Crippen LogP contribution is -1.92. The van der Waals surface area contributed by atoms with Gasteiger partial charge in [0, 0.05) is 10.8 Å². The standard InChI is InChI=1S/C59H36N2/c1-2-12-40-33-41(26-23-37(40)11-1)38-21-24-39(25-22-38)57-48-14-3-5-16-50(48)58(51-17-6-4-15-49(51)57)46-30-29-42-34-43(27-28-44(42)35-46)45-31-32-52-53(36-45)47-13-7-9-19-55(47)61-56-20-10-8-18-54(56)60-59(52)61/h1-36H. The zero-order valence-corrected chi connectivity index (χ0v) is 33.2. The van der Waals surface area contributed by atoms with E-state index >= 15 is 0 Å². The molecule has 0 saturated carbocycles. The van der Waals surface area contributed by atoms with Gasteiger partial charge in [-0.05, 0) is 142 Å². The molecule has 0 aliphatic rings. The summed E-state index contributed by atoms with van der Waals surface area (Å²) in [5.41, 5.74) is 14.1. The van der Waals surface area contributed by atoms with Gasteiger partial charge in [-0.1, -0.05) is 170 Å². The zero-order valence-electron chi connectivity index (χ0n) is 33.2. The first-order valence-electron chi connectivity index (χ1n) is 21.0. The van der Waals surface area contributed by atoms with Gasteiger partial charge in [0.2, 0.25) is 0 Å². The van der Waals surface area contributed by atoms with Gasteiger partial charge in [0.15, 0.2) is 0 Å². The molecule has 2 nitrogen and oxygen atoms in total. The van der Waals surface area contributed by atoms with Crippen LogP contribution in [0.5, 0.6) is 0 Å². The SMILES string of the molecule is c1ccc2cc(-c3ccc(-c4c5ccccc5c(-c5ccc6cc(-c7ccc8c(c7)c7ccccc7n7c9ccccc9nc87)ccc6c5)c5ccccc45)cc3)ccc2c1. The molecule has 0 saturated heterocycles. The van der Waals surface area contributed by atoms with E-state index in [0.717, 1.165) is 22.1 Å². The number of para-hydroxylation sites is 3. The van der Waals surface area contributed by atoms with Gasteiger partial charge in [-0.3, -0.25) is 4.40 Å². The largest absolute Gasteiger partial charge is 0.292 e. The summed E-state index contributed by atoms with van der Waals surface area (Å²) in [6.45, 7) is 0. The van der Waals surface area contributed by atoms with Crippen molar-refractivity contribution in [2.45, 2.75) is 0 Å². The molecule has 61 heavy (non-hydrogen) atoms. The van der Waals surface area contributed by atoms with E-state index in [4.69, 9.17) is 4.98 Å². The van der Waals surface area contributed by atoms with Gasteiger partial charge in [-0.2, -0.15) is 0 Å². The fraction of sp³-hybridized carbons (Fsp3) is 0. The van der Waals surface area contributed by atoms with Gasteiger partial charge in [-0.15, -0.1) is 0 Å². The zero-order chi connectivity index (χ0) is 40.0. The summed E-state index contributed by atoms with van der Waals surface area (Å²) < 4.78 is 2.31. The fourth-order valence-corrected chi connectivity index (χ4v) is 10.0. The molecule has 0 aliphatic heterocycles. The molecule has 0 aliphatic carbocycles. The number of benzene rings is 11. The van der Waals surface area contributed by atoms with Crippen molar-refractivity contribution in [2.75, 3.05) is 0 Å². The van der Waals surface area contributed by atoms with Crippen LogP contribution in [-0.2, 0) is 0 Å². The molecule has 13 rings (SSSR count). The normalized spacial score (nSPS) is 11.9. The van der Waals surface area contributed by atoms with E-state index in [9.17, 15) is 0 Å². The second-order valence-electron chi connectivity index (χ2n) is 16.3. The van der Waals surface area contributed by atoms with E-state index in [1.807, 2.05) is 0 Å². The highest BCUT2D eigenvalue weighted by molar-refractivity contribution is 6.22. The lowest BCUT2D eigenvalue weighted by Gasteiger charge is -2.18. The summed E-state index contributed by atoms with van der Waals surface area (Å²) in [7, 11) is 0. The molecule has 0 amide bonds. The maximum absolute atomic E-state index is 5.11. The molecule has 13 aromatic rings. The van der Waals surface area contributed by atoms with Crippen LogP contribution in [0.2, 0.25) is 0 Å². The first kappa shape index (κ1) is 33.9. The van der Waals surface area contributed by atoms with Crippen LogP contribution in [0.3, 0.4) is 0 Å². The Morgan fingerprint density at radius 3 is 1.41 bits per heavy atom. The highest BCUT2D eigenvalue weighted by Crippen LogP contribution is 2.45. The molecule has 0 radical (unpaired) electrons. The molecule has 2 heteroatoms. The van der Waals surface area contributed by atoms with Crippen molar-refractivity contribution in [3.63, 3.8) is 0 Å². The number of fused-ring (bicyclic) bond motifs is 12. The van der Waals surface area contributed by atoms with E-state index in [1.54, 1.807) is 0 Å². The molecule has 0 atom stereocenters. The molecule has 2 heterocycles. The monoisotopic (exact) mass is 772 g/mol. The molecule has 0 fully saturated rings. The lowest BCUT2D eigenvalue weighted by molar-refractivity contribution is 1.31. The van der Waals surface area contributed by atoms with Gasteiger partial charge in [-0.25, -0.2) is 4.98 Å². The number of aromatic nitrogens is 2. The minimum absolute atomic E-state index is 0.996. The molecular weight excluding hydrogens is 737 g/mol. The highest BCUT2D eigenvalue weighted by atomic mass is 15.0. The Morgan fingerprint density at radius 1 is 0.262 bits per heavy atom. The van der Waals surface area contributed by atoms with Crippen molar-refractivity contribution in [3.8, 4) is 44.5 Å². The Balaban J connectivity index is 0.913. The molecule has 0 N–H and O–H groups in total. The van der Waals surface area contributed by atoms with Crippen molar-refractivity contribution in [1.29, 1.82) is 0 Å². The third-order valence-electron chi connectivity index (χ3n) is 12.9. The number of hydrogen-bond acceptors (Lipinski definition) is 1. The molecule has 2 aromatic heterocycles. The average Bonchev–Trinajstić information content (AvgIpc) is 3.73. The third kappa shape index (κ3) is 5.26. The Hall–Kier alpha value is -8.07. The maximum atomic E-state index is 5.11. The van der Waals surface area contributed by atoms with E-state index in [-0.39, 0.29) is 0 Å². The second-order valence-corrected chi connectivity index (χ2v) is 16.3. The minimum Gasteiger partial charge on any atom is -0.292 e. The van der Waals surface area contributed by atoms with Crippen LogP contribution in [-0.4, -0.2) is 9.38 Å². The van der Waals surface area contributed by atoms with Gasteiger partial charge in [0.25, 0.3) is 0 Å². The quantitative estimate of drug-likeness (QED) is 0.129. The lowest BCUT2D eigenvalue weighted by atomic mass is 9.85. The summed E-state index contributed by atoms with van der Waals surface area (Å²) in [5.74, 6) is 0. The van der Waals surface area contributed by atoms with Crippen molar-refractivity contribution in [1.82, 2.24) is 9.38 Å². The number of hydrogen-bond donors (Lipinski definition) is 0. The summed E-state index contributed by atoms with van der Waals surface area (Å²) in [4.78, 5) is 5.11. The second kappa shape index (κ2) is 13.2. The summed E-state index contributed by atoms with van der Waals surface area (Å²) in [6, 6.07) is 80.2. The topological polar surface area (TPSA) is 17.3 Å². The van der Waals surface area contributed by atoms with Gasteiger partial charge in [0.1, 0.15) is 5.65 Å². The number of rotatable bonds is 4. The van der Waals surface area contributed by atoms with E-state index in [2.05, 4.69) is 223 Å². The Morgan fingerprint density at radius 2 is 0.705 bits per heavy atom. The predicted molar refractivity (Wildman–Crippen MR) is 259 cm³/mol. The van der Waals surface area contributed by atoms with Gasteiger partial charge < -0.3 is 0 Å². The van der Waals surface area contributed by atoms with Gasteiger partial charge in [0.05, 0.1) is 16.6 Å². The van der Waals surface area contributed by atoms with Crippen LogP contribution < -0.4 is 0 Å². The molecular formula is C59H36N2. The Kier molecular flexibility index (Phi) is 7.34. The van der Waals surface area contributed by atoms with Crippen LogP contribution >= 0.6 is 0 Å². The number of pyridine rings is 1. The van der Waals surface area contributed by atoms with Crippen LogP contribution in [0.1, 0.15) is 0 Å². The Bertz CT molecular complexity index is 3870. The molecule has 11 aromatic carbocycles. The highest BCUT2D eigenvalue weighted by Gasteiger charge is 2.18. The first-order chi connectivity index (χ1) is 30.2. The van der Waals surface area contributed by atoms with Crippen LogP contribution in [0.4, 0.5) is 0 Å². The molecule has 282 valence electrons. The molecule has 0 bridgehead atoms. The average molecular weight is 773 g/mol. The summed E-state index contributed by atoms with van der Waals surface area (Å²) in [5, 5.41) is 13.6. The van der Waals surface area contributed by atoms with Gasteiger partial charge >= 0.3 is 0 Å². The molecule has 0 spiro atoms. The first-order valence-corrected chi connectivity index (χ1v) is 21.0. The number of imidazole rings is 1. The summed E-state index contributed by atoms with van der Waals surface area (Å²) in [6.07, 6.45) is 0. The minimum atomic E-state index is 0.996. The van der Waals surface area contributed by atoms with Crippen molar-refractivity contribution in [3.05, 3.63) is 218 Å². The van der Waals surface area contributed by atoms with Crippen LogP contribution in [0, 0.1) is 0 Å². The fourth-order valence-electron chi connectivity index (χ4n) is 10.0. The molecule has 0 unspecified atom stereocenters. The van der Waals surface area contributed by atoms with E-state index in [0.29, 0.717) is 0 Å². The third-order valence-corrected chi connectivity index (χ3v) is 12.9. The van der Waals surface area contributed by atoms with E-state index in [1.165, 1.54) is 104 Å². The van der Waals surface area contributed by atoms with Crippen LogP contribution in [0.25, 0.3) is 126 Å². The van der Waals surface area contributed by atoms with Crippen LogP contribution in [0.15, 0.2) is 218 Å². The van der Waals surface area contributed by atoms with E-state index < -0.39 is 0 Å². The maximum Gasteiger partial charge on any atom is 0.146 e. The smallest absolute Gasteiger partial charge is 0.146 e. The predicted octanol–water partition coefficient (Wildman–Crippen LogP) is 16.1. The summed E-state index contributed by atoms with van der Waals surface area (Å²) >= 11 is 0. The number of nitrogens with zero attached hydrogens (tertiary/aromatic N) is 2.